The fourth-order valence-corrected chi connectivity index (χ4v) is 4.84. The van der Waals surface area contributed by atoms with Crippen LogP contribution in [0.4, 0.5) is 4.79 Å². The number of nitrogens with one attached hydrogen (secondary N) is 1. The van der Waals surface area contributed by atoms with Crippen LogP contribution in [-0.4, -0.2) is 46.7 Å². The minimum absolute atomic E-state index is 0.0388. The molecule has 0 heterocycles. The third kappa shape index (κ3) is 3.89. The first-order valence-electron chi connectivity index (χ1n) is 9.01. The summed E-state index contributed by atoms with van der Waals surface area (Å²) in [7, 11) is 0. The van der Waals surface area contributed by atoms with E-state index in [0.29, 0.717) is 24.3 Å². The summed E-state index contributed by atoms with van der Waals surface area (Å²) in [4.78, 5) is 14.9. The highest BCUT2D eigenvalue weighted by Crippen LogP contribution is 2.36. The van der Waals surface area contributed by atoms with Crippen LogP contribution >= 0.6 is 11.8 Å². The summed E-state index contributed by atoms with van der Waals surface area (Å²) in [6, 6.07) is 8.91. The average Bonchev–Trinajstić information content (AvgIpc) is 3.22. The van der Waals surface area contributed by atoms with E-state index in [0.717, 1.165) is 25.7 Å². The molecule has 3 rings (SSSR count). The molecule has 3 atom stereocenters. The smallest absolute Gasteiger partial charge is 0.318 e. The Balaban J connectivity index is 1.69. The van der Waals surface area contributed by atoms with Crippen molar-refractivity contribution in [1.29, 1.82) is 0 Å². The van der Waals surface area contributed by atoms with Gasteiger partial charge in [-0.2, -0.15) is 11.8 Å². The number of benzene rings is 1. The zero-order chi connectivity index (χ0) is 16.9. The van der Waals surface area contributed by atoms with Gasteiger partial charge in [-0.1, -0.05) is 24.3 Å². The normalized spacial score (nSPS) is 25.5. The number of hydrogen-bond donors (Lipinski definition) is 2. The highest BCUT2D eigenvalue weighted by Gasteiger charge is 2.32. The van der Waals surface area contributed by atoms with Gasteiger partial charge in [0.25, 0.3) is 0 Å². The Morgan fingerprint density at radius 2 is 2.17 bits per heavy atom. The van der Waals surface area contributed by atoms with Crippen LogP contribution in [0, 0.1) is 0 Å². The molecule has 5 heteroatoms. The molecule has 0 spiro atoms. The highest BCUT2D eigenvalue weighted by molar-refractivity contribution is 7.99. The fraction of sp³-hybridized carbons (Fsp3) is 0.632. The highest BCUT2D eigenvalue weighted by atomic mass is 32.2. The lowest BCUT2D eigenvalue weighted by molar-refractivity contribution is 0.161. The molecule has 2 amide bonds. The van der Waals surface area contributed by atoms with E-state index in [1.807, 2.05) is 16.7 Å². The maximum Gasteiger partial charge on any atom is 0.318 e. The number of urea groups is 1. The maximum absolute atomic E-state index is 12.9. The van der Waals surface area contributed by atoms with Crippen molar-refractivity contribution in [2.45, 2.75) is 55.9 Å². The van der Waals surface area contributed by atoms with Crippen molar-refractivity contribution in [3.05, 3.63) is 35.4 Å². The third-order valence-electron chi connectivity index (χ3n) is 5.34. The van der Waals surface area contributed by atoms with Gasteiger partial charge < -0.3 is 15.3 Å². The first kappa shape index (κ1) is 17.6. The molecule has 0 unspecified atom stereocenters. The molecule has 1 saturated carbocycles. The summed E-state index contributed by atoms with van der Waals surface area (Å²) in [6.45, 7) is 0.732. The molecule has 0 bridgehead atoms. The van der Waals surface area contributed by atoms with E-state index >= 15 is 0 Å². The minimum Gasteiger partial charge on any atom is -0.396 e. The van der Waals surface area contributed by atoms with Crippen LogP contribution < -0.4 is 5.32 Å². The molecule has 4 nitrogen and oxygen atoms in total. The molecule has 0 radical (unpaired) electrons. The van der Waals surface area contributed by atoms with Crippen molar-refractivity contribution < 1.29 is 9.90 Å². The second-order valence-electron chi connectivity index (χ2n) is 6.84. The summed E-state index contributed by atoms with van der Waals surface area (Å²) < 4.78 is 0. The van der Waals surface area contributed by atoms with Crippen LogP contribution in [0.25, 0.3) is 0 Å². The van der Waals surface area contributed by atoms with Gasteiger partial charge in [-0.3, -0.25) is 0 Å². The number of rotatable bonds is 6. The Hall–Kier alpha value is -1.20. The molecule has 1 aromatic carbocycles. The number of carbonyl (C=O) groups excluding carboxylic acids is 1. The van der Waals surface area contributed by atoms with Crippen LogP contribution in [-0.2, 0) is 6.42 Å². The van der Waals surface area contributed by atoms with Crippen molar-refractivity contribution >= 4 is 17.8 Å². The molecular weight excluding hydrogens is 320 g/mol. The Morgan fingerprint density at radius 3 is 2.92 bits per heavy atom. The van der Waals surface area contributed by atoms with E-state index in [2.05, 4.69) is 35.8 Å². The maximum atomic E-state index is 12.9. The van der Waals surface area contributed by atoms with Crippen LogP contribution in [0.3, 0.4) is 0 Å². The summed E-state index contributed by atoms with van der Waals surface area (Å²) in [5.41, 5.74) is 2.63. The number of carbonyl (C=O) groups is 1. The number of fused-ring (bicyclic) bond motifs is 1. The van der Waals surface area contributed by atoms with E-state index in [4.69, 9.17) is 0 Å². The van der Waals surface area contributed by atoms with Crippen LogP contribution in [0.2, 0.25) is 0 Å². The first-order chi connectivity index (χ1) is 11.7. The number of thioether (sulfide) groups is 1. The molecule has 24 heavy (non-hydrogen) atoms. The van der Waals surface area contributed by atoms with Crippen molar-refractivity contribution in [3.63, 3.8) is 0 Å². The lowest BCUT2D eigenvalue weighted by Gasteiger charge is -2.31. The van der Waals surface area contributed by atoms with Crippen molar-refractivity contribution in [1.82, 2.24) is 10.2 Å². The number of aryl methyl sites for hydroxylation is 1. The number of aliphatic hydroxyl groups is 1. The molecule has 1 aromatic rings. The van der Waals surface area contributed by atoms with Gasteiger partial charge >= 0.3 is 6.03 Å². The largest absolute Gasteiger partial charge is 0.396 e. The second kappa shape index (κ2) is 8.26. The minimum atomic E-state index is 0.0388. The third-order valence-corrected chi connectivity index (χ3v) is 6.44. The summed E-state index contributed by atoms with van der Waals surface area (Å²) in [5.74, 6) is 0. The monoisotopic (exact) mass is 348 g/mol. The van der Waals surface area contributed by atoms with E-state index in [9.17, 15) is 9.90 Å². The van der Waals surface area contributed by atoms with Gasteiger partial charge in [-0.25, -0.2) is 4.79 Å². The predicted molar refractivity (Wildman–Crippen MR) is 99.4 cm³/mol. The lowest BCUT2D eigenvalue weighted by Crippen LogP contribution is -2.46. The van der Waals surface area contributed by atoms with E-state index in [-0.39, 0.29) is 18.7 Å². The van der Waals surface area contributed by atoms with Crippen LogP contribution in [0.15, 0.2) is 24.3 Å². The number of aliphatic hydroxyl groups excluding tert-OH is 1. The van der Waals surface area contributed by atoms with Gasteiger partial charge in [0.2, 0.25) is 0 Å². The Labute approximate surface area is 149 Å². The summed E-state index contributed by atoms with van der Waals surface area (Å²) in [5, 5.41) is 13.2. The number of nitrogens with zero attached hydrogens (tertiary/aromatic N) is 1. The summed E-state index contributed by atoms with van der Waals surface area (Å²) in [6.07, 6.45) is 8.13. The number of amides is 2. The van der Waals surface area contributed by atoms with Gasteiger partial charge in [-0.05, 0) is 55.9 Å². The topological polar surface area (TPSA) is 52.6 Å². The first-order valence-corrected chi connectivity index (χ1v) is 10.3. The summed E-state index contributed by atoms with van der Waals surface area (Å²) >= 11 is 1.90. The van der Waals surface area contributed by atoms with Crippen molar-refractivity contribution in [3.8, 4) is 0 Å². The quantitative estimate of drug-likeness (QED) is 0.829. The predicted octanol–water partition coefficient (Wildman–Crippen LogP) is 3.35. The average molecular weight is 349 g/mol. The zero-order valence-electron chi connectivity index (χ0n) is 14.4. The molecule has 2 aliphatic carbocycles. The van der Waals surface area contributed by atoms with Gasteiger partial charge in [0, 0.05) is 24.4 Å². The SMILES string of the molecule is CS[C@@H]1CC[C@@H](NC(=O)N(CCCO)[C@@H]2CCc3ccccc32)C1. The van der Waals surface area contributed by atoms with Gasteiger partial charge in [0.1, 0.15) is 0 Å². The van der Waals surface area contributed by atoms with E-state index in [1.165, 1.54) is 17.5 Å². The van der Waals surface area contributed by atoms with Crippen LogP contribution in [0.5, 0.6) is 0 Å². The van der Waals surface area contributed by atoms with E-state index in [1.54, 1.807) is 0 Å². The zero-order valence-corrected chi connectivity index (χ0v) is 15.2. The molecule has 0 aromatic heterocycles. The molecule has 2 N–H and O–H groups in total. The Kier molecular flexibility index (Phi) is 6.06. The van der Waals surface area contributed by atoms with Gasteiger partial charge in [-0.15, -0.1) is 0 Å². The van der Waals surface area contributed by atoms with Crippen molar-refractivity contribution in [2.75, 3.05) is 19.4 Å². The Bertz CT molecular complexity index is 566. The molecule has 1 fully saturated rings. The van der Waals surface area contributed by atoms with E-state index < -0.39 is 0 Å². The lowest BCUT2D eigenvalue weighted by atomic mass is 10.1. The molecule has 132 valence electrons. The fourth-order valence-electron chi connectivity index (χ4n) is 4.04. The van der Waals surface area contributed by atoms with Gasteiger partial charge in [0.15, 0.2) is 0 Å². The Morgan fingerprint density at radius 1 is 1.33 bits per heavy atom. The van der Waals surface area contributed by atoms with Crippen LogP contribution in [0.1, 0.15) is 49.3 Å². The molecule has 0 saturated heterocycles. The second-order valence-corrected chi connectivity index (χ2v) is 7.98. The molecule has 2 aliphatic rings. The standard InChI is InChI=1S/C19H28N2O2S/c1-24-16-9-8-15(13-16)20-19(23)21(11-4-12-22)18-10-7-14-5-2-3-6-17(14)18/h2-3,5-6,15-16,18,22H,4,7-13H2,1H3,(H,20,23)/t15-,16-,18-/m1/s1. The number of hydrogen-bond acceptors (Lipinski definition) is 3. The molecular formula is C19H28N2O2S. The molecule has 0 aliphatic heterocycles. The van der Waals surface area contributed by atoms with Gasteiger partial charge in [0.05, 0.1) is 6.04 Å². The van der Waals surface area contributed by atoms with Crippen molar-refractivity contribution in [2.24, 2.45) is 0 Å².